The van der Waals surface area contributed by atoms with Gasteiger partial charge in [0.2, 0.25) is 5.95 Å². The van der Waals surface area contributed by atoms with Crippen LogP contribution in [0.2, 0.25) is 0 Å². The van der Waals surface area contributed by atoms with Crippen LogP contribution in [0, 0.1) is 24.5 Å². The fourth-order valence-corrected chi connectivity index (χ4v) is 6.34. The van der Waals surface area contributed by atoms with Gasteiger partial charge < -0.3 is 35.1 Å². The first-order chi connectivity index (χ1) is 23.3. The summed E-state index contributed by atoms with van der Waals surface area (Å²) in [6.07, 6.45) is 8.07. The van der Waals surface area contributed by atoms with Gasteiger partial charge in [0, 0.05) is 68.9 Å². The maximum atomic E-state index is 13.6. The van der Waals surface area contributed by atoms with Gasteiger partial charge in [0.05, 0.1) is 31.6 Å². The van der Waals surface area contributed by atoms with Crippen molar-refractivity contribution >= 4 is 23.1 Å². The number of rotatable bonds is 9. The summed E-state index contributed by atoms with van der Waals surface area (Å²) in [7, 11) is 1.82. The van der Waals surface area contributed by atoms with E-state index in [0.29, 0.717) is 42.2 Å². The lowest BCUT2D eigenvalue weighted by molar-refractivity contribution is -0.0507. The molecule has 3 aliphatic rings. The minimum Gasteiger partial charge on any atom is -0.489 e. The second kappa shape index (κ2) is 15.7. The lowest BCUT2D eigenvalue weighted by Crippen LogP contribution is -2.48. The molecule has 7 rings (SSSR count). The van der Waals surface area contributed by atoms with Gasteiger partial charge in [0.15, 0.2) is 11.6 Å². The van der Waals surface area contributed by atoms with Crippen molar-refractivity contribution in [3.8, 4) is 11.4 Å². The molecule has 0 saturated carbocycles. The highest BCUT2D eigenvalue weighted by Gasteiger charge is 2.28. The number of anilines is 4. The van der Waals surface area contributed by atoms with Crippen molar-refractivity contribution in [2.75, 3.05) is 69.1 Å². The van der Waals surface area contributed by atoms with Crippen LogP contribution in [0.3, 0.4) is 0 Å². The maximum absolute atomic E-state index is 13.6. The zero-order valence-corrected chi connectivity index (χ0v) is 27.5. The molecule has 11 nitrogen and oxygen atoms in total. The average molecular weight is 663 g/mol. The minimum atomic E-state index is -0.656. The van der Waals surface area contributed by atoms with Crippen LogP contribution in [-0.4, -0.2) is 89.9 Å². The first-order valence-corrected chi connectivity index (χ1v) is 16.5. The first-order valence-electron chi connectivity index (χ1n) is 16.5. The smallest absolute Gasteiger partial charge is 0.246 e. The molecular formula is C35H44F2N8O3. The topological polar surface area (TPSA) is 116 Å². The molecule has 3 fully saturated rings. The predicted molar refractivity (Wildman–Crippen MR) is 181 cm³/mol. The van der Waals surface area contributed by atoms with Crippen LogP contribution in [0.15, 0.2) is 61.1 Å². The van der Waals surface area contributed by atoms with Crippen molar-refractivity contribution in [3.63, 3.8) is 0 Å². The Kier molecular flexibility index (Phi) is 11.0. The summed E-state index contributed by atoms with van der Waals surface area (Å²) in [5.74, 6) is 0.675. The van der Waals surface area contributed by atoms with Gasteiger partial charge in [-0.25, -0.2) is 18.4 Å². The molecule has 0 unspecified atom stereocenters. The molecule has 4 aromatic rings. The van der Waals surface area contributed by atoms with Crippen LogP contribution >= 0.6 is 0 Å². The molecule has 256 valence electrons. The second-order valence-electron chi connectivity index (χ2n) is 12.6. The van der Waals surface area contributed by atoms with Crippen molar-refractivity contribution in [2.24, 2.45) is 5.92 Å². The molecule has 2 aromatic carbocycles. The van der Waals surface area contributed by atoms with Gasteiger partial charge in [-0.05, 0) is 80.6 Å². The summed E-state index contributed by atoms with van der Waals surface area (Å²) >= 11 is 0. The number of hydrogen-bond acceptors (Lipinski definition) is 10. The standard InChI is InChI=1S/C26H32F2N6O.C9H12N2O2/c1-18-11-21(30-26-29-17-34(31-26)24-14-19(27)13-20(28)15-24)16-23(12-18)33-7-3-22(4-8-33)32-9-5-25(35-2)6-10-32;10-9-8(2-1-3-11-9)13-6-7-4-12-5-7/h11-17,22,25H,3-10H2,1-2H3,(H,30,31);1-3,7H,4-6H2,(H2,10,11). The molecule has 13 heteroatoms. The normalized spacial score (nSPS) is 17.8. The summed E-state index contributed by atoms with van der Waals surface area (Å²) in [4.78, 5) is 13.3. The number of hydrogen-bond donors (Lipinski definition) is 2. The van der Waals surface area contributed by atoms with Gasteiger partial charge in [0.25, 0.3) is 0 Å². The fourth-order valence-electron chi connectivity index (χ4n) is 6.34. The van der Waals surface area contributed by atoms with Gasteiger partial charge in [-0.3, -0.25) is 0 Å². The van der Waals surface area contributed by atoms with Crippen molar-refractivity contribution in [3.05, 3.63) is 78.3 Å². The van der Waals surface area contributed by atoms with Crippen LogP contribution in [0.1, 0.15) is 31.2 Å². The van der Waals surface area contributed by atoms with E-state index in [9.17, 15) is 8.78 Å². The van der Waals surface area contributed by atoms with Crippen molar-refractivity contribution in [1.29, 1.82) is 0 Å². The molecule has 0 radical (unpaired) electrons. The Morgan fingerprint density at radius 1 is 0.938 bits per heavy atom. The summed E-state index contributed by atoms with van der Waals surface area (Å²) in [5, 5.41) is 7.57. The molecule has 3 saturated heterocycles. The largest absolute Gasteiger partial charge is 0.489 e. The van der Waals surface area contributed by atoms with E-state index in [-0.39, 0.29) is 5.69 Å². The van der Waals surface area contributed by atoms with Gasteiger partial charge >= 0.3 is 0 Å². The number of benzene rings is 2. The van der Waals surface area contributed by atoms with Crippen LogP contribution in [-0.2, 0) is 9.47 Å². The Morgan fingerprint density at radius 2 is 1.69 bits per heavy atom. The molecule has 3 aliphatic heterocycles. The van der Waals surface area contributed by atoms with E-state index in [1.54, 1.807) is 6.20 Å². The van der Waals surface area contributed by atoms with Gasteiger partial charge in [-0.15, -0.1) is 5.10 Å². The number of methoxy groups -OCH3 is 1. The quantitative estimate of drug-likeness (QED) is 0.243. The number of aromatic nitrogens is 4. The summed E-state index contributed by atoms with van der Waals surface area (Å²) in [5.41, 5.74) is 9.08. The highest BCUT2D eigenvalue weighted by Crippen LogP contribution is 2.29. The van der Waals surface area contributed by atoms with E-state index in [2.05, 4.69) is 49.2 Å². The number of likely N-dealkylation sites (tertiary alicyclic amines) is 1. The van der Waals surface area contributed by atoms with Crippen molar-refractivity contribution in [2.45, 2.75) is 44.8 Å². The number of aryl methyl sites for hydroxylation is 1. The summed E-state index contributed by atoms with van der Waals surface area (Å²) < 4.78 is 44.5. The fraction of sp³-hybridized carbons (Fsp3) is 0.457. The molecule has 3 N–H and O–H groups in total. The van der Waals surface area contributed by atoms with E-state index in [4.69, 9.17) is 19.9 Å². The lowest BCUT2D eigenvalue weighted by Gasteiger charge is -2.42. The molecule has 0 spiro atoms. The zero-order chi connectivity index (χ0) is 33.5. The maximum Gasteiger partial charge on any atom is 0.246 e. The van der Waals surface area contributed by atoms with Crippen LogP contribution in [0.5, 0.6) is 5.75 Å². The van der Waals surface area contributed by atoms with Crippen molar-refractivity contribution in [1.82, 2.24) is 24.6 Å². The van der Waals surface area contributed by atoms with E-state index >= 15 is 0 Å². The Labute approximate surface area is 280 Å². The highest BCUT2D eigenvalue weighted by atomic mass is 19.1. The van der Waals surface area contributed by atoms with E-state index in [1.807, 2.05) is 25.3 Å². The molecular weight excluding hydrogens is 618 g/mol. The number of nitrogens with zero attached hydrogens (tertiary/aromatic N) is 6. The number of pyridine rings is 1. The summed E-state index contributed by atoms with van der Waals surface area (Å²) in [6, 6.07) is 13.9. The third kappa shape index (κ3) is 8.77. The monoisotopic (exact) mass is 662 g/mol. The number of nitrogens with two attached hydrogens (primary N) is 1. The SMILES string of the molecule is COC1CCN(C2CCN(c3cc(C)cc(Nc4ncn(-c5cc(F)cc(F)c5)n4)c3)CC2)CC1.Nc1ncccc1OCC1COC1. The van der Waals surface area contributed by atoms with Gasteiger partial charge in [-0.1, -0.05) is 0 Å². The molecule has 0 bridgehead atoms. The van der Waals surface area contributed by atoms with E-state index in [0.717, 1.165) is 82.4 Å². The number of ether oxygens (including phenoxy) is 3. The third-order valence-corrected chi connectivity index (χ3v) is 9.06. The predicted octanol–water partition coefficient (Wildman–Crippen LogP) is 5.37. The van der Waals surface area contributed by atoms with Crippen LogP contribution in [0.25, 0.3) is 5.69 Å². The Balaban J connectivity index is 0.000000257. The number of piperidine rings is 2. The second-order valence-corrected chi connectivity index (χ2v) is 12.6. The Hall–Kier alpha value is -4.33. The third-order valence-electron chi connectivity index (χ3n) is 9.06. The lowest BCUT2D eigenvalue weighted by atomic mass is 9.98. The Bertz CT molecular complexity index is 1620. The van der Waals surface area contributed by atoms with Crippen LogP contribution < -0.4 is 20.7 Å². The van der Waals surface area contributed by atoms with E-state index < -0.39 is 11.6 Å². The van der Waals surface area contributed by atoms with Gasteiger partial charge in [-0.2, -0.15) is 4.98 Å². The highest BCUT2D eigenvalue weighted by molar-refractivity contribution is 5.64. The average Bonchev–Trinajstić information content (AvgIpc) is 3.53. The summed E-state index contributed by atoms with van der Waals surface area (Å²) in [6.45, 7) is 8.62. The number of halogens is 2. The molecule has 48 heavy (non-hydrogen) atoms. The molecule has 0 amide bonds. The van der Waals surface area contributed by atoms with Crippen molar-refractivity contribution < 1.29 is 23.0 Å². The van der Waals surface area contributed by atoms with Crippen LogP contribution in [0.4, 0.5) is 31.9 Å². The first kappa shape index (κ1) is 33.6. The molecule has 0 atom stereocenters. The zero-order valence-electron chi connectivity index (χ0n) is 27.5. The number of nitrogen functional groups attached to an aromatic ring is 1. The van der Waals surface area contributed by atoms with E-state index in [1.165, 1.54) is 28.8 Å². The minimum absolute atomic E-state index is 0.280. The molecule has 0 aliphatic carbocycles. The Morgan fingerprint density at radius 3 is 2.35 bits per heavy atom. The molecule has 5 heterocycles. The molecule has 2 aromatic heterocycles. The van der Waals surface area contributed by atoms with Gasteiger partial charge in [0.1, 0.15) is 18.0 Å². The number of nitrogens with one attached hydrogen (secondary N) is 1.